The Morgan fingerprint density at radius 3 is 2.30 bits per heavy atom. The van der Waals surface area contributed by atoms with Gasteiger partial charge in [-0.05, 0) is 42.0 Å². The fourth-order valence-corrected chi connectivity index (χ4v) is 2.19. The van der Waals surface area contributed by atoms with E-state index in [4.69, 9.17) is 4.74 Å². The summed E-state index contributed by atoms with van der Waals surface area (Å²) in [6.45, 7) is -0.0734. The SMILES string of the molecule is O=C(N/N=C(/COc1ccc([N+](=O)[O-])cc1)N=Cc1ccncc1)c1ccncc1. The predicted octanol–water partition coefficient (Wildman–Crippen LogP) is 2.63. The fourth-order valence-electron chi connectivity index (χ4n) is 2.19. The molecule has 1 amide bonds. The fraction of sp³-hybridized carbons (Fsp3) is 0.0500. The number of amidine groups is 1. The first-order valence-electron chi connectivity index (χ1n) is 8.70. The minimum Gasteiger partial charge on any atom is -0.486 e. The van der Waals surface area contributed by atoms with Crippen molar-refractivity contribution in [3.05, 3.63) is 94.6 Å². The maximum Gasteiger partial charge on any atom is 0.271 e. The Labute approximate surface area is 171 Å². The highest BCUT2D eigenvalue weighted by Crippen LogP contribution is 2.17. The zero-order valence-corrected chi connectivity index (χ0v) is 15.6. The number of non-ortho nitro benzene ring substituents is 1. The molecule has 0 aliphatic carbocycles. The molecule has 0 unspecified atom stereocenters. The van der Waals surface area contributed by atoms with Crippen LogP contribution in [0, 0.1) is 10.1 Å². The number of hydrazone groups is 1. The molecule has 1 N–H and O–H groups in total. The molecule has 0 aliphatic heterocycles. The quantitative estimate of drug-likeness (QED) is 0.279. The number of nitro benzene ring substituents is 1. The van der Waals surface area contributed by atoms with Gasteiger partial charge in [0.2, 0.25) is 0 Å². The molecule has 0 saturated heterocycles. The van der Waals surface area contributed by atoms with Gasteiger partial charge >= 0.3 is 0 Å². The minimum absolute atomic E-state index is 0.0448. The van der Waals surface area contributed by atoms with Crippen molar-refractivity contribution in [1.82, 2.24) is 15.4 Å². The summed E-state index contributed by atoms with van der Waals surface area (Å²) in [6.07, 6.45) is 7.80. The highest BCUT2D eigenvalue weighted by molar-refractivity contribution is 5.98. The maximum atomic E-state index is 12.2. The van der Waals surface area contributed by atoms with Gasteiger partial charge in [-0.25, -0.2) is 10.4 Å². The van der Waals surface area contributed by atoms with Crippen molar-refractivity contribution in [3.63, 3.8) is 0 Å². The van der Waals surface area contributed by atoms with Crippen LogP contribution in [-0.4, -0.2) is 39.5 Å². The number of nitrogens with one attached hydrogen (secondary N) is 1. The number of hydrogen-bond acceptors (Lipinski definition) is 7. The highest BCUT2D eigenvalue weighted by Gasteiger charge is 2.07. The van der Waals surface area contributed by atoms with Gasteiger partial charge in [0, 0.05) is 48.7 Å². The molecule has 2 heterocycles. The van der Waals surface area contributed by atoms with E-state index in [0.717, 1.165) is 5.56 Å². The van der Waals surface area contributed by atoms with Crippen molar-refractivity contribution in [3.8, 4) is 5.75 Å². The molecule has 3 rings (SSSR count). The second-order valence-corrected chi connectivity index (χ2v) is 5.78. The lowest BCUT2D eigenvalue weighted by atomic mass is 10.3. The number of carbonyl (C=O) groups excluding carboxylic acids is 1. The number of benzene rings is 1. The van der Waals surface area contributed by atoms with E-state index in [9.17, 15) is 14.9 Å². The van der Waals surface area contributed by atoms with Crippen LogP contribution in [0.1, 0.15) is 15.9 Å². The van der Waals surface area contributed by atoms with E-state index in [1.165, 1.54) is 36.7 Å². The predicted molar refractivity (Wildman–Crippen MR) is 110 cm³/mol. The van der Waals surface area contributed by atoms with Crippen molar-refractivity contribution in [2.24, 2.45) is 10.1 Å². The molecule has 0 atom stereocenters. The molecule has 0 aliphatic rings. The van der Waals surface area contributed by atoms with Crippen LogP contribution in [0.3, 0.4) is 0 Å². The minimum atomic E-state index is -0.496. The average Bonchev–Trinajstić information content (AvgIpc) is 2.80. The van der Waals surface area contributed by atoms with E-state index < -0.39 is 10.8 Å². The zero-order valence-electron chi connectivity index (χ0n) is 15.6. The molecule has 0 bridgehead atoms. The largest absolute Gasteiger partial charge is 0.486 e. The van der Waals surface area contributed by atoms with Gasteiger partial charge < -0.3 is 4.74 Å². The Kier molecular flexibility index (Phi) is 6.88. The summed E-state index contributed by atoms with van der Waals surface area (Å²) in [4.78, 5) is 34.5. The van der Waals surface area contributed by atoms with E-state index in [0.29, 0.717) is 11.3 Å². The average molecular weight is 404 g/mol. The van der Waals surface area contributed by atoms with E-state index in [2.05, 4.69) is 25.5 Å². The molecule has 0 spiro atoms. The second kappa shape index (κ2) is 10.2. The summed E-state index contributed by atoms with van der Waals surface area (Å²) in [5, 5.41) is 14.8. The Hall–Kier alpha value is -4.47. The molecule has 2 aromatic heterocycles. The van der Waals surface area contributed by atoms with Gasteiger partial charge in [0.1, 0.15) is 12.4 Å². The monoisotopic (exact) mass is 404 g/mol. The highest BCUT2D eigenvalue weighted by atomic mass is 16.6. The van der Waals surface area contributed by atoms with Crippen LogP contribution < -0.4 is 10.2 Å². The lowest BCUT2D eigenvalue weighted by molar-refractivity contribution is -0.384. The normalized spacial score (nSPS) is 11.3. The van der Waals surface area contributed by atoms with Gasteiger partial charge in [0.25, 0.3) is 11.6 Å². The van der Waals surface area contributed by atoms with E-state index in [1.807, 2.05) is 0 Å². The summed E-state index contributed by atoms with van der Waals surface area (Å²) < 4.78 is 5.59. The molecular formula is C20H16N6O4. The lowest BCUT2D eigenvalue weighted by Gasteiger charge is -2.06. The molecule has 10 nitrogen and oxygen atoms in total. The number of aliphatic imine (C=N–C) groups is 1. The number of amides is 1. The van der Waals surface area contributed by atoms with E-state index >= 15 is 0 Å². The summed E-state index contributed by atoms with van der Waals surface area (Å²) in [5.41, 5.74) is 3.55. The smallest absolute Gasteiger partial charge is 0.271 e. The van der Waals surface area contributed by atoms with Crippen LogP contribution in [0.25, 0.3) is 0 Å². The number of nitrogens with zero attached hydrogens (tertiary/aromatic N) is 5. The molecule has 0 saturated carbocycles. The van der Waals surface area contributed by atoms with Crippen molar-refractivity contribution < 1.29 is 14.5 Å². The third-order valence-electron chi connectivity index (χ3n) is 3.71. The summed E-state index contributed by atoms with van der Waals surface area (Å²) in [6, 6.07) is 12.2. The Balaban J connectivity index is 1.72. The van der Waals surface area contributed by atoms with Crippen LogP contribution in [0.15, 0.2) is 83.4 Å². The summed E-state index contributed by atoms with van der Waals surface area (Å²) in [5.74, 6) is 0.157. The Morgan fingerprint density at radius 1 is 1.03 bits per heavy atom. The van der Waals surface area contributed by atoms with Crippen molar-refractivity contribution in [1.29, 1.82) is 0 Å². The molecule has 30 heavy (non-hydrogen) atoms. The molecule has 0 fully saturated rings. The first-order chi connectivity index (χ1) is 14.6. The summed E-state index contributed by atoms with van der Waals surface area (Å²) >= 11 is 0. The van der Waals surface area contributed by atoms with Gasteiger partial charge in [-0.3, -0.25) is 24.9 Å². The number of carbonyl (C=O) groups is 1. The Bertz CT molecular complexity index is 1050. The topological polar surface area (TPSA) is 132 Å². The van der Waals surface area contributed by atoms with Gasteiger partial charge in [-0.2, -0.15) is 5.10 Å². The number of aromatic nitrogens is 2. The lowest BCUT2D eigenvalue weighted by Crippen LogP contribution is -2.21. The van der Waals surface area contributed by atoms with Crippen LogP contribution in [0.5, 0.6) is 5.75 Å². The number of pyridine rings is 2. The number of rotatable bonds is 7. The summed E-state index contributed by atoms with van der Waals surface area (Å²) in [7, 11) is 0. The zero-order chi connectivity index (χ0) is 21.2. The van der Waals surface area contributed by atoms with Gasteiger partial charge in [0.05, 0.1) is 4.92 Å². The molecule has 0 radical (unpaired) electrons. The van der Waals surface area contributed by atoms with E-state index in [-0.39, 0.29) is 18.1 Å². The van der Waals surface area contributed by atoms with Crippen LogP contribution in [0.4, 0.5) is 5.69 Å². The van der Waals surface area contributed by atoms with E-state index in [1.54, 1.807) is 42.9 Å². The van der Waals surface area contributed by atoms with Crippen molar-refractivity contribution >= 4 is 23.6 Å². The van der Waals surface area contributed by atoms with Crippen molar-refractivity contribution in [2.45, 2.75) is 0 Å². The van der Waals surface area contributed by atoms with Gasteiger partial charge in [0.15, 0.2) is 5.84 Å². The van der Waals surface area contributed by atoms with Crippen molar-refractivity contribution in [2.75, 3.05) is 6.61 Å². The standard InChI is InChI=1S/C20H16N6O4/c27-20(16-7-11-22-12-8-16)25-24-19(23-13-15-5-9-21-10-6-15)14-30-18-3-1-17(2-4-18)26(28)29/h1-13H,14H2,(H,25,27)/b23-13?,24-19-. The molecule has 1 aromatic carbocycles. The first-order valence-corrected chi connectivity index (χ1v) is 8.70. The third kappa shape index (κ3) is 6.02. The third-order valence-corrected chi connectivity index (χ3v) is 3.71. The molecular weight excluding hydrogens is 388 g/mol. The second-order valence-electron chi connectivity index (χ2n) is 5.78. The van der Waals surface area contributed by atoms with Gasteiger partial charge in [-0.1, -0.05) is 0 Å². The number of ether oxygens (including phenoxy) is 1. The maximum absolute atomic E-state index is 12.2. The molecule has 10 heteroatoms. The number of nitro groups is 1. The number of hydrogen-bond donors (Lipinski definition) is 1. The van der Waals surface area contributed by atoms with Crippen LogP contribution in [0.2, 0.25) is 0 Å². The first kappa shape index (κ1) is 20.3. The molecule has 3 aromatic rings. The van der Waals surface area contributed by atoms with Crippen LogP contribution >= 0.6 is 0 Å². The van der Waals surface area contributed by atoms with Crippen LogP contribution in [-0.2, 0) is 0 Å². The molecule has 150 valence electrons. The Morgan fingerprint density at radius 2 is 1.67 bits per heavy atom. The van der Waals surface area contributed by atoms with Gasteiger partial charge in [-0.15, -0.1) is 0 Å².